The van der Waals surface area contributed by atoms with Crippen LogP contribution in [0, 0.1) is 13.8 Å². The Bertz CT molecular complexity index is 784. The van der Waals surface area contributed by atoms with Gasteiger partial charge in [-0.1, -0.05) is 28.9 Å². The average molecular weight is 436 g/mol. The summed E-state index contributed by atoms with van der Waals surface area (Å²) >= 11 is 3.53. The van der Waals surface area contributed by atoms with Gasteiger partial charge in [0, 0.05) is 4.47 Å². The first-order valence-corrected chi connectivity index (χ1v) is 9.59. The molecule has 0 aliphatic carbocycles. The second-order valence-electron chi connectivity index (χ2n) is 6.30. The van der Waals surface area contributed by atoms with Crippen LogP contribution in [0.4, 0.5) is 0 Å². The predicted molar refractivity (Wildman–Crippen MR) is 110 cm³/mol. The van der Waals surface area contributed by atoms with Crippen LogP contribution < -0.4 is 19.5 Å². The highest BCUT2D eigenvalue weighted by Crippen LogP contribution is 2.31. The Balaban J connectivity index is 2.03. The lowest BCUT2D eigenvalue weighted by atomic mass is 10.0. The Kier molecular flexibility index (Phi) is 7.54. The van der Waals surface area contributed by atoms with E-state index < -0.39 is 0 Å². The number of aryl methyl sites for hydroxylation is 2. The van der Waals surface area contributed by atoms with Crippen molar-refractivity contribution in [1.29, 1.82) is 0 Å². The van der Waals surface area contributed by atoms with Crippen LogP contribution in [0.1, 0.15) is 36.1 Å². The van der Waals surface area contributed by atoms with Gasteiger partial charge in [-0.15, -0.1) is 0 Å². The van der Waals surface area contributed by atoms with Crippen molar-refractivity contribution in [2.24, 2.45) is 0 Å². The molecule has 1 atom stereocenters. The number of hydrogen-bond acceptors (Lipinski definition) is 4. The molecule has 146 valence electrons. The van der Waals surface area contributed by atoms with Crippen molar-refractivity contribution < 1.29 is 19.0 Å². The van der Waals surface area contributed by atoms with E-state index in [0.29, 0.717) is 17.2 Å². The molecule has 0 fully saturated rings. The molecule has 0 aliphatic rings. The average Bonchev–Trinajstić information content (AvgIpc) is 2.67. The highest BCUT2D eigenvalue weighted by Gasteiger charge is 2.16. The highest BCUT2D eigenvalue weighted by atomic mass is 79.9. The summed E-state index contributed by atoms with van der Waals surface area (Å²) in [7, 11) is 3.19. The van der Waals surface area contributed by atoms with Gasteiger partial charge in [0.05, 0.1) is 20.3 Å². The van der Waals surface area contributed by atoms with Gasteiger partial charge < -0.3 is 19.5 Å². The van der Waals surface area contributed by atoms with E-state index in [1.165, 1.54) is 0 Å². The summed E-state index contributed by atoms with van der Waals surface area (Å²) in [5.41, 5.74) is 3.10. The molecule has 0 saturated heterocycles. The van der Waals surface area contributed by atoms with Crippen LogP contribution in [-0.2, 0) is 4.79 Å². The van der Waals surface area contributed by atoms with Gasteiger partial charge >= 0.3 is 0 Å². The van der Waals surface area contributed by atoms with Gasteiger partial charge in [-0.25, -0.2) is 0 Å². The molecule has 0 unspecified atom stereocenters. The molecule has 0 spiro atoms. The number of ether oxygens (including phenoxy) is 3. The number of hydrogen-bond donors (Lipinski definition) is 1. The number of halogens is 1. The Labute approximate surface area is 169 Å². The first-order chi connectivity index (χ1) is 12.9. The molecule has 0 heterocycles. The molecule has 2 aromatic rings. The number of carbonyl (C=O) groups excluding carboxylic acids is 1. The number of methoxy groups -OCH3 is 2. The fraction of sp³-hybridized carbons (Fsp3) is 0.381. The third-order valence-electron chi connectivity index (χ3n) is 4.33. The Hall–Kier alpha value is -2.21. The number of nitrogens with one attached hydrogen (secondary N) is 1. The number of benzene rings is 2. The molecule has 0 radical (unpaired) electrons. The molecule has 1 amide bonds. The van der Waals surface area contributed by atoms with E-state index >= 15 is 0 Å². The third kappa shape index (κ3) is 5.39. The molecular weight excluding hydrogens is 410 g/mol. The maximum Gasteiger partial charge on any atom is 0.258 e. The second-order valence-corrected chi connectivity index (χ2v) is 7.10. The minimum Gasteiger partial charge on any atom is -0.493 e. The Morgan fingerprint density at radius 3 is 2.26 bits per heavy atom. The van der Waals surface area contributed by atoms with Gasteiger partial charge in [-0.2, -0.15) is 0 Å². The van der Waals surface area contributed by atoms with Crippen molar-refractivity contribution in [1.82, 2.24) is 5.32 Å². The summed E-state index contributed by atoms with van der Waals surface area (Å²) in [4.78, 5) is 12.4. The van der Waals surface area contributed by atoms with E-state index in [4.69, 9.17) is 14.2 Å². The standard InChI is InChI=1S/C21H26BrNO4/c1-6-17(15-7-8-18(25-4)19(11-15)26-5)23-20(24)12-27-16-9-13(2)21(22)14(3)10-16/h7-11,17H,6,12H2,1-5H3,(H,23,24)/t17-/m0/s1. The monoisotopic (exact) mass is 435 g/mol. The molecule has 2 rings (SSSR count). The van der Waals surface area contributed by atoms with Gasteiger partial charge in [0.1, 0.15) is 5.75 Å². The van der Waals surface area contributed by atoms with Crippen LogP contribution in [0.5, 0.6) is 17.2 Å². The van der Waals surface area contributed by atoms with Crippen molar-refractivity contribution in [2.75, 3.05) is 20.8 Å². The highest BCUT2D eigenvalue weighted by molar-refractivity contribution is 9.10. The van der Waals surface area contributed by atoms with Crippen molar-refractivity contribution in [3.63, 3.8) is 0 Å². The minimum atomic E-state index is -0.171. The maximum absolute atomic E-state index is 12.4. The zero-order chi connectivity index (χ0) is 20.0. The number of carbonyl (C=O) groups is 1. The van der Waals surface area contributed by atoms with E-state index in [-0.39, 0.29) is 18.6 Å². The molecule has 1 N–H and O–H groups in total. The molecule has 0 saturated carbocycles. The van der Waals surface area contributed by atoms with Gasteiger partial charge in [-0.05, 0) is 61.2 Å². The predicted octanol–water partition coefficient (Wildman–Crippen LogP) is 4.73. The van der Waals surface area contributed by atoms with E-state index in [9.17, 15) is 4.79 Å². The van der Waals surface area contributed by atoms with E-state index in [0.717, 1.165) is 27.6 Å². The number of rotatable bonds is 8. The summed E-state index contributed by atoms with van der Waals surface area (Å²) in [5, 5.41) is 3.01. The summed E-state index contributed by atoms with van der Waals surface area (Å²) in [5.74, 6) is 1.81. The van der Waals surface area contributed by atoms with E-state index in [2.05, 4.69) is 21.2 Å². The molecule has 0 aliphatic heterocycles. The SMILES string of the molecule is CC[C@H](NC(=O)COc1cc(C)c(Br)c(C)c1)c1ccc(OC)c(OC)c1. The van der Waals surface area contributed by atoms with Crippen molar-refractivity contribution in [3.05, 3.63) is 51.5 Å². The second kappa shape index (κ2) is 9.65. The lowest BCUT2D eigenvalue weighted by molar-refractivity contribution is -0.123. The third-order valence-corrected chi connectivity index (χ3v) is 5.58. The summed E-state index contributed by atoms with van der Waals surface area (Å²) in [6.45, 7) is 5.97. The van der Waals surface area contributed by atoms with E-state index in [1.807, 2.05) is 51.1 Å². The van der Waals surface area contributed by atoms with Crippen LogP contribution in [0.25, 0.3) is 0 Å². The van der Waals surface area contributed by atoms with Crippen molar-refractivity contribution >= 4 is 21.8 Å². The topological polar surface area (TPSA) is 56.8 Å². The minimum absolute atomic E-state index is 0.0374. The van der Waals surface area contributed by atoms with Crippen LogP contribution >= 0.6 is 15.9 Å². The van der Waals surface area contributed by atoms with Crippen LogP contribution in [0.2, 0.25) is 0 Å². The zero-order valence-electron chi connectivity index (χ0n) is 16.4. The van der Waals surface area contributed by atoms with Gasteiger partial charge in [0.2, 0.25) is 0 Å². The molecule has 6 heteroatoms. The normalized spacial score (nSPS) is 11.6. The van der Waals surface area contributed by atoms with Crippen molar-refractivity contribution in [2.45, 2.75) is 33.2 Å². The maximum atomic E-state index is 12.4. The van der Waals surface area contributed by atoms with Crippen LogP contribution in [0.3, 0.4) is 0 Å². The summed E-state index contributed by atoms with van der Waals surface area (Å²) < 4.78 is 17.3. The molecule has 0 aromatic heterocycles. The molecule has 2 aromatic carbocycles. The van der Waals surface area contributed by atoms with Crippen molar-refractivity contribution in [3.8, 4) is 17.2 Å². The number of amides is 1. The molecule has 0 bridgehead atoms. The molecule has 5 nitrogen and oxygen atoms in total. The first-order valence-electron chi connectivity index (χ1n) is 8.80. The lowest BCUT2D eigenvalue weighted by Gasteiger charge is -2.19. The fourth-order valence-corrected chi connectivity index (χ4v) is 3.09. The van der Waals surface area contributed by atoms with Crippen LogP contribution in [0.15, 0.2) is 34.8 Å². The Morgan fingerprint density at radius 1 is 1.07 bits per heavy atom. The molecule has 27 heavy (non-hydrogen) atoms. The zero-order valence-corrected chi connectivity index (χ0v) is 18.0. The van der Waals surface area contributed by atoms with Gasteiger partial charge in [0.25, 0.3) is 5.91 Å². The van der Waals surface area contributed by atoms with Gasteiger partial charge in [0.15, 0.2) is 18.1 Å². The summed E-state index contributed by atoms with van der Waals surface area (Å²) in [6.07, 6.45) is 0.748. The lowest BCUT2D eigenvalue weighted by Crippen LogP contribution is -2.32. The summed E-state index contributed by atoms with van der Waals surface area (Å²) in [6, 6.07) is 9.35. The fourth-order valence-electron chi connectivity index (χ4n) is 2.87. The van der Waals surface area contributed by atoms with Gasteiger partial charge in [-0.3, -0.25) is 4.79 Å². The Morgan fingerprint density at radius 2 is 1.70 bits per heavy atom. The molecular formula is C21H26BrNO4. The largest absolute Gasteiger partial charge is 0.493 e. The van der Waals surface area contributed by atoms with Crippen LogP contribution in [-0.4, -0.2) is 26.7 Å². The van der Waals surface area contributed by atoms with E-state index in [1.54, 1.807) is 14.2 Å². The quantitative estimate of drug-likeness (QED) is 0.650. The smallest absolute Gasteiger partial charge is 0.258 e. The first kappa shape index (κ1) is 21.1.